The van der Waals surface area contributed by atoms with Gasteiger partial charge in [-0.3, -0.25) is 4.79 Å². The number of hydrogen-bond acceptors (Lipinski definition) is 2. The lowest BCUT2D eigenvalue weighted by Crippen LogP contribution is -2.34. The Bertz CT molecular complexity index is 741. The fourth-order valence-corrected chi connectivity index (χ4v) is 4.19. The average molecular weight is 371 g/mol. The van der Waals surface area contributed by atoms with Crippen molar-refractivity contribution < 1.29 is 4.79 Å². The molecule has 2 aromatic rings. The van der Waals surface area contributed by atoms with Crippen molar-refractivity contribution in [3.05, 3.63) is 60.2 Å². The molecule has 1 spiro atoms. The highest BCUT2D eigenvalue weighted by Crippen LogP contribution is 2.58. The van der Waals surface area contributed by atoms with Crippen LogP contribution in [0.15, 0.2) is 54.6 Å². The minimum Gasteiger partial charge on any atom is -0.356 e. The summed E-state index contributed by atoms with van der Waals surface area (Å²) < 4.78 is 0. The lowest BCUT2D eigenvalue weighted by molar-refractivity contribution is -0.123. The summed E-state index contributed by atoms with van der Waals surface area (Å²) in [7, 11) is 0. The van der Waals surface area contributed by atoms with E-state index in [9.17, 15) is 4.79 Å². The molecule has 1 atom stereocenters. The number of rotatable bonds is 5. The van der Waals surface area contributed by atoms with E-state index in [0.29, 0.717) is 5.41 Å². The third-order valence-corrected chi connectivity index (χ3v) is 5.85. The molecule has 138 valence electrons. The lowest BCUT2D eigenvalue weighted by Gasteiger charge is -2.23. The van der Waals surface area contributed by atoms with Gasteiger partial charge in [0.05, 0.1) is 0 Å². The van der Waals surface area contributed by atoms with E-state index in [1.165, 1.54) is 16.7 Å². The van der Waals surface area contributed by atoms with Gasteiger partial charge in [0, 0.05) is 12.5 Å². The van der Waals surface area contributed by atoms with E-state index in [1.54, 1.807) is 0 Å². The second-order valence-electron chi connectivity index (χ2n) is 7.48. The molecule has 1 saturated heterocycles. The molecule has 2 N–H and O–H groups in total. The number of carbonyl (C=O) groups excluding carboxylic acids is 1. The first kappa shape index (κ1) is 18.9. The summed E-state index contributed by atoms with van der Waals surface area (Å²) in [5.41, 5.74) is 4.07. The first-order chi connectivity index (χ1) is 12.3. The molecule has 1 heterocycles. The summed E-state index contributed by atoms with van der Waals surface area (Å²) in [6.07, 6.45) is 4.28. The number of amides is 1. The Morgan fingerprint density at radius 2 is 1.77 bits per heavy atom. The molecule has 2 aliphatic rings. The largest absolute Gasteiger partial charge is 0.356 e. The second-order valence-corrected chi connectivity index (χ2v) is 7.48. The number of halogens is 1. The van der Waals surface area contributed by atoms with Crippen LogP contribution in [0, 0.1) is 11.3 Å². The van der Waals surface area contributed by atoms with Crippen LogP contribution in [-0.2, 0) is 11.2 Å². The Kier molecular flexibility index (Phi) is 6.00. The van der Waals surface area contributed by atoms with Gasteiger partial charge in [0.1, 0.15) is 0 Å². The van der Waals surface area contributed by atoms with Crippen LogP contribution in [0.2, 0.25) is 0 Å². The Morgan fingerprint density at radius 3 is 2.54 bits per heavy atom. The molecule has 4 heteroatoms. The van der Waals surface area contributed by atoms with Crippen molar-refractivity contribution in [3.8, 4) is 11.1 Å². The van der Waals surface area contributed by atoms with Gasteiger partial charge in [-0.2, -0.15) is 0 Å². The topological polar surface area (TPSA) is 41.1 Å². The van der Waals surface area contributed by atoms with E-state index in [-0.39, 0.29) is 24.2 Å². The zero-order chi connectivity index (χ0) is 17.1. The summed E-state index contributed by atoms with van der Waals surface area (Å²) in [6.45, 7) is 2.86. The van der Waals surface area contributed by atoms with Crippen LogP contribution in [0.4, 0.5) is 0 Å². The van der Waals surface area contributed by atoms with Crippen molar-refractivity contribution in [1.29, 1.82) is 0 Å². The number of carbonyl (C=O) groups is 1. The Balaban J connectivity index is 0.00000196. The van der Waals surface area contributed by atoms with E-state index in [0.717, 1.165) is 45.3 Å². The van der Waals surface area contributed by atoms with Gasteiger partial charge in [0.25, 0.3) is 0 Å². The highest BCUT2D eigenvalue weighted by Gasteiger charge is 2.57. The van der Waals surface area contributed by atoms with Gasteiger partial charge in [0.15, 0.2) is 0 Å². The monoisotopic (exact) mass is 370 g/mol. The normalized spacial score (nSPS) is 20.2. The van der Waals surface area contributed by atoms with Crippen LogP contribution in [0.5, 0.6) is 0 Å². The number of benzene rings is 2. The minimum atomic E-state index is 0. The smallest absolute Gasteiger partial charge is 0.223 e. The van der Waals surface area contributed by atoms with Crippen molar-refractivity contribution in [2.75, 3.05) is 19.6 Å². The molecule has 0 aromatic heterocycles. The molecule has 1 saturated carbocycles. The maximum Gasteiger partial charge on any atom is 0.223 e. The van der Waals surface area contributed by atoms with Gasteiger partial charge in [0.2, 0.25) is 5.91 Å². The molecule has 26 heavy (non-hydrogen) atoms. The molecule has 2 aromatic carbocycles. The highest BCUT2D eigenvalue weighted by molar-refractivity contribution is 5.85. The molecule has 4 rings (SSSR count). The van der Waals surface area contributed by atoms with Crippen LogP contribution in [-0.4, -0.2) is 25.5 Å². The van der Waals surface area contributed by atoms with Crippen LogP contribution >= 0.6 is 12.4 Å². The quantitative estimate of drug-likeness (QED) is 0.839. The van der Waals surface area contributed by atoms with Gasteiger partial charge in [-0.05, 0) is 60.9 Å². The molecule has 2 fully saturated rings. The minimum absolute atomic E-state index is 0. The molecular weight excluding hydrogens is 344 g/mol. The van der Waals surface area contributed by atoms with Gasteiger partial charge >= 0.3 is 0 Å². The molecule has 0 radical (unpaired) electrons. The number of nitrogens with one attached hydrogen (secondary N) is 2. The average Bonchev–Trinajstić information content (AvgIpc) is 3.36. The van der Waals surface area contributed by atoms with E-state index in [1.807, 2.05) is 6.07 Å². The van der Waals surface area contributed by atoms with Crippen LogP contribution < -0.4 is 10.6 Å². The predicted molar refractivity (Wildman–Crippen MR) is 108 cm³/mol. The highest BCUT2D eigenvalue weighted by atomic mass is 35.5. The van der Waals surface area contributed by atoms with Gasteiger partial charge in [-0.1, -0.05) is 54.6 Å². The fourth-order valence-electron chi connectivity index (χ4n) is 4.19. The van der Waals surface area contributed by atoms with Crippen LogP contribution in [0.3, 0.4) is 0 Å². The Hall–Kier alpha value is -1.84. The first-order valence-electron chi connectivity index (χ1n) is 9.40. The van der Waals surface area contributed by atoms with E-state index in [4.69, 9.17) is 0 Å². The van der Waals surface area contributed by atoms with Crippen molar-refractivity contribution in [3.63, 3.8) is 0 Å². The van der Waals surface area contributed by atoms with Gasteiger partial charge in [-0.25, -0.2) is 0 Å². The molecule has 0 bridgehead atoms. The SMILES string of the molecule is Cl.O=C(NCCc1cccc(-c2ccccc2)c1)C1CC12CCNCC2. The van der Waals surface area contributed by atoms with Gasteiger partial charge < -0.3 is 10.6 Å². The Labute approximate surface area is 162 Å². The maximum absolute atomic E-state index is 12.4. The molecule has 1 aliphatic heterocycles. The predicted octanol–water partition coefficient (Wildman–Crippen LogP) is 3.82. The van der Waals surface area contributed by atoms with Crippen LogP contribution in [0.1, 0.15) is 24.8 Å². The fraction of sp³-hybridized carbons (Fsp3) is 0.409. The van der Waals surface area contributed by atoms with Crippen LogP contribution in [0.25, 0.3) is 11.1 Å². The molecule has 1 unspecified atom stereocenters. The van der Waals surface area contributed by atoms with Crippen molar-refractivity contribution >= 4 is 18.3 Å². The standard InChI is InChI=1S/C22H26N2O.ClH/c25-21(20-16-22(20)10-13-23-14-11-22)24-12-9-17-5-4-8-19(15-17)18-6-2-1-3-7-18;/h1-8,15,20,23H,9-14,16H2,(H,24,25);1H. The third-order valence-electron chi connectivity index (χ3n) is 5.85. The Morgan fingerprint density at radius 1 is 1.04 bits per heavy atom. The van der Waals surface area contributed by atoms with E-state index >= 15 is 0 Å². The molecular formula is C22H27ClN2O. The zero-order valence-corrected chi connectivity index (χ0v) is 15.9. The van der Waals surface area contributed by atoms with Crippen molar-refractivity contribution in [1.82, 2.24) is 10.6 Å². The van der Waals surface area contributed by atoms with Crippen molar-refractivity contribution in [2.24, 2.45) is 11.3 Å². The number of hydrogen-bond donors (Lipinski definition) is 2. The zero-order valence-electron chi connectivity index (χ0n) is 15.0. The maximum atomic E-state index is 12.4. The third kappa shape index (κ3) is 4.11. The van der Waals surface area contributed by atoms with Crippen molar-refractivity contribution in [2.45, 2.75) is 25.7 Å². The lowest BCUT2D eigenvalue weighted by atomic mass is 9.92. The number of piperidine rings is 1. The van der Waals surface area contributed by atoms with E-state index < -0.39 is 0 Å². The first-order valence-corrected chi connectivity index (χ1v) is 9.40. The molecule has 1 amide bonds. The molecule has 1 aliphatic carbocycles. The summed E-state index contributed by atoms with van der Waals surface area (Å²) >= 11 is 0. The van der Waals surface area contributed by atoms with Gasteiger partial charge in [-0.15, -0.1) is 12.4 Å². The second kappa shape index (κ2) is 8.24. The summed E-state index contributed by atoms with van der Waals surface area (Å²) in [5, 5.41) is 6.56. The summed E-state index contributed by atoms with van der Waals surface area (Å²) in [6, 6.07) is 19.0. The summed E-state index contributed by atoms with van der Waals surface area (Å²) in [5.74, 6) is 0.520. The molecule has 3 nitrogen and oxygen atoms in total. The van der Waals surface area contributed by atoms with E-state index in [2.05, 4.69) is 59.2 Å². The summed E-state index contributed by atoms with van der Waals surface area (Å²) in [4.78, 5) is 12.4.